The zero-order valence-electron chi connectivity index (χ0n) is 9.77. The molecular formula is C12H15NO2S2. The molecule has 1 aromatic carbocycles. The van der Waals surface area contributed by atoms with Crippen molar-refractivity contribution >= 4 is 34.9 Å². The van der Waals surface area contributed by atoms with Crippen LogP contribution in [-0.2, 0) is 10.5 Å². The Bertz CT molecular complexity index is 444. The summed E-state index contributed by atoms with van der Waals surface area (Å²) < 4.78 is -0.792. The minimum absolute atomic E-state index is 0.356. The largest absolute Gasteiger partial charge is 0.480 e. The summed E-state index contributed by atoms with van der Waals surface area (Å²) in [5.74, 6) is -0.191. The van der Waals surface area contributed by atoms with Gasteiger partial charge in [0.05, 0.1) is 0 Å². The summed E-state index contributed by atoms with van der Waals surface area (Å²) in [6, 6.07) is 7.55. The van der Waals surface area contributed by atoms with Gasteiger partial charge in [0.25, 0.3) is 0 Å². The van der Waals surface area contributed by atoms with E-state index in [1.165, 1.54) is 11.8 Å². The first-order valence-corrected chi connectivity index (χ1v) is 6.48. The fraction of sp³-hybridized carbons (Fsp3) is 0.333. The fourth-order valence-corrected chi connectivity index (χ4v) is 2.10. The average Bonchev–Trinajstić information content (AvgIpc) is 2.26. The van der Waals surface area contributed by atoms with Crippen LogP contribution in [0, 0.1) is 0 Å². The molecule has 0 aliphatic heterocycles. The van der Waals surface area contributed by atoms with E-state index in [0.717, 1.165) is 11.1 Å². The summed E-state index contributed by atoms with van der Waals surface area (Å²) >= 11 is 6.27. The maximum Gasteiger partial charge on any atom is 0.319 e. The van der Waals surface area contributed by atoms with Crippen LogP contribution < -0.4 is 5.73 Å². The van der Waals surface area contributed by atoms with E-state index in [4.69, 9.17) is 23.1 Å². The van der Waals surface area contributed by atoms with Gasteiger partial charge in [0.15, 0.2) is 0 Å². The topological polar surface area (TPSA) is 63.3 Å². The first-order valence-electron chi connectivity index (χ1n) is 5.09. The van der Waals surface area contributed by atoms with Crippen molar-refractivity contribution in [3.63, 3.8) is 0 Å². The van der Waals surface area contributed by atoms with Gasteiger partial charge in [0, 0.05) is 11.3 Å². The Kier molecular flexibility index (Phi) is 4.54. The fourth-order valence-electron chi connectivity index (χ4n) is 1.14. The first kappa shape index (κ1) is 14.0. The van der Waals surface area contributed by atoms with Crippen LogP contribution in [0.15, 0.2) is 24.3 Å². The number of aliphatic carboxylic acids is 1. The number of benzene rings is 1. The Hall–Kier alpha value is -1.07. The third-order valence-electron chi connectivity index (χ3n) is 2.33. The molecule has 0 amide bonds. The molecule has 0 atom stereocenters. The number of hydrogen-bond donors (Lipinski definition) is 2. The number of thiocarbonyl (C=S) groups is 1. The summed E-state index contributed by atoms with van der Waals surface area (Å²) in [6.45, 7) is 3.38. The van der Waals surface area contributed by atoms with Crippen molar-refractivity contribution in [2.45, 2.75) is 24.3 Å². The molecule has 0 unspecified atom stereocenters. The van der Waals surface area contributed by atoms with Crippen molar-refractivity contribution in [3.8, 4) is 0 Å². The molecule has 3 nitrogen and oxygen atoms in total. The van der Waals surface area contributed by atoms with Crippen molar-refractivity contribution in [2.24, 2.45) is 5.73 Å². The van der Waals surface area contributed by atoms with E-state index in [1.807, 2.05) is 24.3 Å². The number of carboxylic acid groups (broad SMARTS) is 1. The maximum absolute atomic E-state index is 11.0. The highest BCUT2D eigenvalue weighted by atomic mass is 32.2. The summed E-state index contributed by atoms with van der Waals surface area (Å²) in [5, 5.41) is 9.00. The second-order valence-corrected chi connectivity index (χ2v) is 6.21. The lowest BCUT2D eigenvalue weighted by Gasteiger charge is -2.18. The molecule has 0 saturated heterocycles. The van der Waals surface area contributed by atoms with Gasteiger partial charge < -0.3 is 10.8 Å². The molecule has 1 rings (SSSR count). The van der Waals surface area contributed by atoms with Gasteiger partial charge in [-0.05, 0) is 25.5 Å². The van der Waals surface area contributed by atoms with Gasteiger partial charge in [-0.1, -0.05) is 30.4 Å². The molecule has 5 heteroatoms. The Morgan fingerprint density at radius 2 is 2.18 bits per heavy atom. The lowest BCUT2D eigenvalue weighted by Crippen LogP contribution is -2.27. The van der Waals surface area contributed by atoms with E-state index in [-0.39, 0.29) is 0 Å². The number of thioether (sulfide) groups is 1. The quantitative estimate of drug-likeness (QED) is 0.804. The molecule has 92 valence electrons. The number of carbonyl (C=O) groups is 1. The molecule has 0 saturated carbocycles. The second kappa shape index (κ2) is 5.51. The smallest absolute Gasteiger partial charge is 0.319 e. The van der Waals surface area contributed by atoms with Crippen LogP contribution in [0.2, 0.25) is 0 Å². The molecule has 0 fully saturated rings. The monoisotopic (exact) mass is 269 g/mol. The third-order valence-corrected chi connectivity index (χ3v) is 3.94. The highest BCUT2D eigenvalue weighted by Crippen LogP contribution is 2.28. The number of carboxylic acids is 1. The first-order chi connectivity index (χ1) is 7.83. The maximum atomic E-state index is 11.0. The highest BCUT2D eigenvalue weighted by molar-refractivity contribution is 8.00. The van der Waals surface area contributed by atoms with Gasteiger partial charge in [-0.25, -0.2) is 0 Å². The molecule has 0 aliphatic carbocycles. The molecular weight excluding hydrogens is 254 g/mol. The molecule has 0 aliphatic rings. The number of hydrogen-bond acceptors (Lipinski definition) is 3. The Morgan fingerprint density at radius 3 is 2.71 bits per heavy atom. The van der Waals surface area contributed by atoms with Gasteiger partial charge in [0.2, 0.25) is 0 Å². The molecule has 0 radical (unpaired) electrons. The Morgan fingerprint density at radius 1 is 1.53 bits per heavy atom. The van der Waals surface area contributed by atoms with Crippen LogP contribution in [0.4, 0.5) is 0 Å². The van der Waals surface area contributed by atoms with Crippen molar-refractivity contribution in [1.29, 1.82) is 0 Å². The average molecular weight is 269 g/mol. The van der Waals surface area contributed by atoms with E-state index in [0.29, 0.717) is 10.7 Å². The Labute approximate surface area is 110 Å². The molecule has 0 spiro atoms. The molecule has 0 bridgehead atoms. The normalized spacial score (nSPS) is 11.2. The van der Waals surface area contributed by atoms with Crippen LogP contribution in [0.3, 0.4) is 0 Å². The second-order valence-electron chi connectivity index (χ2n) is 4.17. The highest BCUT2D eigenvalue weighted by Gasteiger charge is 2.27. The third kappa shape index (κ3) is 4.02. The predicted octanol–water partition coefficient (Wildman–Crippen LogP) is 2.42. The molecule has 17 heavy (non-hydrogen) atoms. The zero-order chi connectivity index (χ0) is 13.1. The number of nitrogens with two attached hydrogens (primary N) is 1. The molecule has 0 heterocycles. The van der Waals surface area contributed by atoms with E-state index < -0.39 is 10.7 Å². The zero-order valence-corrected chi connectivity index (χ0v) is 11.4. The summed E-state index contributed by atoms with van der Waals surface area (Å²) in [6.07, 6.45) is 0. The lowest BCUT2D eigenvalue weighted by molar-refractivity contribution is -0.138. The molecule has 3 N–H and O–H groups in total. The summed E-state index contributed by atoms with van der Waals surface area (Å²) in [5.41, 5.74) is 7.38. The van der Waals surface area contributed by atoms with E-state index in [9.17, 15) is 4.79 Å². The van der Waals surface area contributed by atoms with Crippen LogP contribution >= 0.6 is 24.0 Å². The van der Waals surface area contributed by atoms with Crippen LogP contribution in [0.25, 0.3) is 0 Å². The van der Waals surface area contributed by atoms with Gasteiger partial charge in [0.1, 0.15) is 9.74 Å². The summed E-state index contributed by atoms with van der Waals surface area (Å²) in [4.78, 5) is 11.3. The van der Waals surface area contributed by atoms with Crippen molar-refractivity contribution in [2.75, 3.05) is 0 Å². The van der Waals surface area contributed by atoms with Crippen LogP contribution in [0.5, 0.6) is 0 Å². The lowest BCUT2D eigenvalue weighted by atomic mass is 10.1. The Balaban J connectivity index is 2.73. The van der Waals surface area contributed by atoms with Gasteiger partial charge in [-0.3, -0.25) is 4.79 Å². The molecule has 1 aromatic rings. The van der Waals surface area contributed by atoms with Crippen molar-refractivity contribution in [1.82, 2.24) is 0 Å². The number of rotatable bonds is 5. The van der Waals surface area contributed by atoms with Crippen molar-refractivity contribution in [3.05, 3.63) is 35.4 Å². The van der Waals surface area contributed by atoms with Gasteiger partial charge in [-0.2, -0.15) is 0 Å². The minimum Gasteiger partial charge on any atom is -0.480 e. The van der Waals surface area contributed by atoms with E-state index in [1.54, 1.807) is 13.8 Å². The van der Waals surface area contributed by atoms with Crippen LogP contribution in [0.1, 0.15) is 25.0 Å². The van der Waals surface area contributed by atoms with Crippen LogP contribution in [-0.4, -0.2) is 20.8 Å². The van der Waals surface area contributed by atoms with E-state index >= 15 is 0 Å². The minimum atomic E-state index is -0.812. The van der Waals surface area contributed by atoms with Gasteiger partial charge in [-0.15, -0.1) is 11.8 Å². The SMILES string of the molecule is CC(C)(SCc1cccc(C(N)=S)c1)C(=O)O. The predicted molar refractivity (Wildman–Crippen MR) is 75.3 cm³/mol. The van der Waals surface area contributed by atoms with Crippen molar-refractivity contribution < 1.29 is 9.90 Å². The van der Waals surface area contributed by atoms with E-state index in [2.05, 4.69) is 0 Å². The standard InChI is InChI=1S/C12H15NO2S2/c1-12(2,11(14)15)17-7-8-4-3-5-9(6-8)10(13)16/h3-6H,7H2,1-2H3,(H2,13,16)(H,14,15). The van der Waals surface area contributed by atoms with Gasteiger partial charge >= 0.3 is 5.97 Å². The molecule has 0 aromatic heterocycles. The summed E-state index contributed by atoms with van der Waals surface area (Å²) in [7, 11) is 0.